The lowest BCUT2D eigenvalue weighted by molar-refractivity contribution is 0.00986. The number of aromatic nitrogens is 3. The highest BCUT2D eigenvalue weighted by Crippen LogP contribution is 2.15. The van der Waals surface area contributed by atoms with E-state index in [2.05, 4.69) is 32.5 Å². The first-order valence-corrected chi connectivity index (χ1v) is 10.7. The van der Waals surface area contributed by atoms with Crippen LogP contribution in [0.25, 0.3) is 0 Å². The number of halogens is 1. The van der Waals surface area contributed by atoms with E-state index in [-0.39, 0.29) is 24.0 Å². The Kier molecular flexibility index (Phi) is 11.2. The topological polar surface area (TPSA) is 76.8 Å². The molecule has 1 aliphatic rings. The molecular weight excluding hydrogens is 507 g/mol. The summed E-state index contributed by atoms with van der Waals surface area (Å²) in [5.41, 5.74) is 1.20. The van der Waals surface area contributed by atoms with Crippen LogP contribution in [0.15, 0.2) is 35.3 Å². The SMILES string of the molecule is COCCCOC1CCN(C(=NCc2ccccc2)NCc2nnc(C)n2C)CC1.I. The van der Waals surface area contributed by atoms with Gasteiger partial charge in [0.1, 0.15) is 5.82 Å². The predicted octanol–water partition coefficient (Wildman–Crippen LogP) is 2.90. The second kappa shape index (κ2) is 13.6. The van der Waals surface area contributed by atoms with Crippen LogP contribution < -0.4 is 5.32 Å². The van der Waals surface area contributed by atoms with E-state index in [4.69, 9.17) is 14.5 Å². The molecule has 0 bridgehead atoms. The normalized spacial score (nSPS) is 15.1. The van der Waals surface area contributed by atoms with E-state index in [1.54, 1.807) is 7.11 Å². The highest BCUT2D eigenvalue weighted by molar-refractivity contribution is 14.0. The Morgan fingerprint density at radius 1 is 1.16 bits per heavy atom. The fourth-order valence-electron chi connectivity index (χ4n) is 3.47. The number of aryl methyl sites for hydroxylation is 1. The number of benzene rings is 1. The summed E-state index contributed by atoms with van der Waals surface area (Å²) < 4.78 is 13.1. The van der Waals surface area contributed by atoms with E-state index in [0.29, 0.717) is 19.2 Å². The summed E-state index contributed by atoms with van der Waals surface area (Å²) in [4.78, 5) is 7.22. The molecule has 0 aliphatic carbocycles. The molecule has 8 nitrogen and oxygen atoms in total. The molecule has 172 valence electrons. The average molecular weight is 542 g/mol. The summed E-state index contributed by atoms with van der Waals surface area (Å²) >= 11 is 0. The first kappa shape index (κ1) is 25.5. The number of nitrogens with one attached hydrogen (secondary N) is 1. The minimum atomic E-state index is 0. The van der Waals surface area contributed by atoms with Crippen LogP contribution in [0.4, 0.5) is 0 Å². The van der Waals surface area contributed by atoms with Gasteiger partial charge >= 0.3 is 0 Å². The molecule has 9 heteroatoms. The minimum absolute atomic E-state index is 0. The van der Waals surface area contributed by atoms with Crippen LogP contribution in [-0.2, 0) is 29.6 Å². The van der Waals surface area contributed by atoms with E-state index in [1.807, 2.05) is 36.7 Å². The highest BCUT2D eigenvalue weighted by Gasteiger charge is 2.22. The van der Waals surface area contributed by atoms with E-state index in [1.165, 1.54) is 5.56 Å². The number of methoxy groups -OCH3 is 1. The number of hydrogen-bond acceptors (Lipinski definition) is 5. The van der Waals surface area contributed by atoms with Gasteiger partial charge in [0.05, 0.1) is 19.2 Å². The molecule has 0 amide bonds. The Morgan fingerprint density at radius 3 is 2.55 bits per heavy atom. The van der Waals surface area contributed by atoms with E-state index >= 15 is 0 Å². The molecule has 1 saturated heterocycles. The molecule has 0 atom stereocenters. The van der Waals surface area contributed by atoms with Crippen LogP contribution in [-0.4, -0.2) is 65.1 Å². The molecule has 0 spiro atoms. The summed E-state index contributed by atoms with van der Waals surface area (Å²) in [5.74, 6) is 2.72. The zero-order chi connectivity index (χ0) is 21.2. The maximum atomic E-state index is 6.00. The molecule has 1 aromatic heterocycles. The molecule has 2 aromatic rings. The first-order valence-electron chi connectivity index (χ1n) is 10.7. The molecule has 2 heterocycles. The number of nitrogens with zero attached hydrogens (tertiary/aromatic N) is 5. The molecule has 1 fully saturated rings. The van der Waals surface area contributed by atoms with Gasteiger partial charge in [0.15, 0.2) is 11.8 Å². The minimum Gasteiger partial charge on any atom is -0.385 e. The Hall–Kier alpha value is -1.72. The fourth-order valence-corrected chi connectivity index (χ4v) is 3.47. The van der Waals surface area contributed by atoms with Crippen molar-refractivity contribution in [3.8, 4) is 0 Å². The molecular formula is C22H35IN6O2. The summed E-state index contributed by atoms with van der Waals surface area (Å²) in [6.45, 7) is 6.56. The number of piperidine rings is 1. The largest absolute Gasteiger partial charge is 0.385 e. The molecule has 3 rings (SSSR count). The van der Waals surface area contributed by atoms with Gasteiger partial charge < -0.3 is 24.3 Å². The van der Waals surface area contributed by atoms with Gasteiger partial charge in [-0.1, -0.05) is 30.3 Å². The average Bonchev–Trinajstić information content (AvgIpc) is 3.10. The summed E-state index contributed by atoms with van der Waals surface area (Å²) in [7, 11) is 3.71. The van der Waals surface area contributed by atoms with Crippen LogP contribution in [0.5, 0.6) is 0 Å². The van der Waals surface area contributed by atoms with Gasteiger partial charge in [-0.2, -0.15) is 0 Å². The third kappa shape index (κ3) is 8.04. The van der Waals surface area contributed by atoms with Crippen LogP contribution in [0, 0.1) is 6.92 Å². The van der Waals surface area contributed by atoms with Gasteiger partial charge in [-0.25, -0.2) is 4.99 Å². The van der Waals surface area contributed by atoms with Crippen LogP contribution in [0.3, 0.4) is 0 Å². The van der Waals surface area contributed by atoms with Crippen LogP contribution >= 0.6 is 24.0 Å². The number of ether oxygens (including phenoxy) is 2. The number of rotatable bonds is 9. The molecule has 1 aromatic carbocycles. The maximum absolute atomic E-state index is 6.00. The van der Waals surface area contributed by atoms with Gasteiger partial charge in [-0.05, 0) is 31.7 Å². The van der Waals surface area contributed by atoms with Gasteiger partial charge in [-0.15, -0.1) is 34.2 Å². The number of likely N-dealkylation sites (tertiary alicyclic amines) is 1. The molecule has 1 aliphatic heterocycles. The predicted molar refractivity (Wildman–Crippen MR) is 133 cm³/mol. The van der Waals surface area contributed by atoms with E-state index < -0.39 is 0 Å². The second-order valence-corrected chi connectivity index (χ2v) is 7.60. The van der Waals surface area contributed by atoms with E-state index in [0.717, 1.165) is 63.2 Å². The van der Waals surface area contributed by atoms with Crippen molar-refractivity contribution in [3.05, 3.63) is 47.5 Å². The van der Waals surface area contributed by atoms with Gasteiger partial charge in [0, 0.05) is 40.5 Å². The van der Waals surface area contributed by atoms with Crippen molar-refractivity contribution < 1.29 is 9.47 Å². The van der Waals surface area contributed by atoms with Crippen LogP contribution in [0.2, 0.25) is 0 Å². The third-order valence-corrected chi connectivity index (χ3v) is 5.43. The Balaban J connectivity index is 0.00000341. The monoisotopic (exact) mass is 542 g/mol. The van der Waals surface area contributed by atoms with Crippen molar-refractivity contribution in [1.29, 1.82) is 0 Å². The Morgan fingerprint density at radius 2 is 1.90 bits per heavy atom. The maximum Gasteiger partial charge on any atom is 0.194 e. The smallest absolute Gasteiger partial charge is 0.194 e. The van der Waals surface area contributed by atoms with E-state index in [9.17, 15) is 0 Å². The second-order valence-electron chi connectivity index (χ2n) is 7.60. The summed E-state index contributed by atoms with van der Waals surface area (Å²) in [6, 6.07) is 10.3. The molecule has 0 saturated carbocycles. The summed E-state index contributed by atoms with van der Waals surface area (Å²) in [6.07, 6.45) is 3.26. The lowest BCUT2D eigenvalue weighted by Gasteiger charge is -2.34. The van der Waals surface area contributed by atoms with Crippen molar-refractivity contribution >= 4 is 29.9 Å². The number of aliphatic imine (C=N–C) groups is 1. The molecule has 0 radical (unpaired) electrons. The number of guanidine groups is 1. The van der Waals surface area contributed by atoms with Crippen molar-refractivity contribution in [2.75, 3.05) is 33.4 Å². The number of hydrogen-bond donors (Lipinski definition) is 1. The van der Waals surface area contributed by atoms with Gasteiger partial charge in [0.2, 0.25) is 0 Å². The zero-order valence-electron chi connectivity index (χ0n) is 18.8. The first-order chi connectivity index (χ1) is 14.7. The Bertz CT molecular complexity index is 791. The van der Waals surface area contributed by atoms with Crippen molar-refractivity contribution in [3.63, 3.8) is 0 Å². The fraction of sp³-hybridized carbons (Fsp3) is 0.591. The van der Waals surface area contributed by atoms with Gasteiger partial charge in [0.25, 0.3) is 0 Å². The van der Waals surface area contributed by atoms with Gasteiger partial charge in [-0.3, -0.25) is 0 Å². The highest BCUT2D eigenvalue weighted by atomic mass is 127. The quantitative estimate of drug-likeness (QED) is 0.227. The third-order valence-electron chi connectivity index (χ3n) is 5.43. The Labute approximate surface area is 202 Å². The molecule has 1 N–H and O–H groups in total. The molecule has 31 heavy (non-hydrogen) atoms. The lowest BCUT2D eigenvalue weighted by atomic mass is 10.1. The standard InChI is InChI=1S/C22H34N6O2.HI/c1-18-25-26-21(27(18)2)17-24-22(23-16-19-8-5-4-6-9-19)28-12-10-20(11-13-28)30-15-7-14-29-3;/h4-6,8-9,20H,7,10-17H2,1-3H3,(H,23,24);1H. The lowest BCUT2D eigenvalue weighted by Crippen LogP contribution is -2.47. The summed E-state index contributed by atoms with van der Waals surface area (Å²) in [5, 5.41) is 11.9. The van der Waals surface area contributed by atoms with Crippen molar-refractivity contribution in [2.24, 2.45) is 12.0 Å². The zero-order valence-corrected chi connectivity index (χ0v) is 21.1. The van der Waals surface area contributed by atoms with Crippen molar-refractivity contribution in [1.82, 2.24) is 25.0 Å². The van der Waals surface area contributed by atoms with Crippen LogP contribution in [0.1, 0.15) is 36.5 Å². The van der Waals surface area contributed by atoms with Crippen molar-refractivity contribution in [2.45, 2.75) is 45.4 Å². The molecule has 0 unspecified atom stereocenters.